The van der Waals surface area contributed by atoms with Crippen molar-refractivity contribution in [1.82, 2.24) is 4.98 Å². The van der Waals surface area contributed by atoms with Gasteiger partial charge in [0.1, 0.15) is 0 Å². The number of fused-ring (bicyclic) bond motifs is 2. The SMILES string of the molecule is CS(=O)(=O)OCCCOCc1cc(N)cc(Nc2c3ccccc3nc3ccccc23)c1. The van der Waals surface area contributed by atoms with Crippen molar-refractivity contribution in [1.29, 1.82) is 0 Å². The summed E-state index contributed by atoms with van der Waals surface area (Å²) in [7, 11) is -3.42. The number of aromatic nitrogens is 1. The third-order valence-electron chi connectivity index (χ3n) is 4.87. The van der Waals surface area contributed by atoms with Gasteiger partial charge in [0.2, 0.25) is 0 Å². The molecule has 0 spiro atoms. The zero-order valence-corrected chi connectivity index (χ0v) is 18.6. The molecule has 0 saturated heterocycles. The van der Waals surface area contributed by atoms with Crippen LogP contribution in [0.25, 0.3) is 21.8 Å². The van der Waals surface area contributed by atoms with Crippen LogP contribution in [0.3, 0.4) is 0 Å². The van der Waals surface area contributed by atoms with Gasteiger partial charge in [-0.2, -0.15) is 8.42 Å². The van der Waals surface area contributed by atoms with E-state index in [-0.39, 0.29) is 6.61 Å². The van der Waals surface area contributed by atoms with Crippen molar-refractivity contribution in [2.45, 2.75) is 13.0 Å². The highest BCUT2D eigenvalue weighted by atomic mass is 32.2. The number of pyridine rings is 1. The van der Waals surface area contributed by atoms with Crippen LogP contribution in [0, 0.1) is 0 Å². The van der Waals surface area contributed by atoms with Gasteiger partial charge in [-0.05, 0) is 42.3 Å². The number of hydrogen-bond donors (Lipinski definition) is 2. The monoisotopic (exact) mass is 451 g/mol. The molecule has 0 fully saturated rings. The Hall–Kier alpha value is -3.20. The first-order valence-corrected chi connectivity index (χ1v) is 12.1. The maximum Gasteiger partial charge on any atom is 0.264 e. The predicted octanol–water partition coefficient (Wildman–Crippen LogP) is 4.60. The summed E-state index contributed by atoms with van der Waals surface area (Å²) in [5.74, 6) is 0. The summed E-state index contributed by atoms with van der Waals surface area (Å²) >= 11 is 0. The molecule has 0 saturated carbocycles. The smallest absolute Gasteiger partial charge is 0.264 e. The number of nitrogen functional groups attached to an aromatic ring is 1. The first-order chi connectivity index (χ1) is 15.4. The van der Waals surface area contributed by atoms with E-state index in [0.29, 0.717) is 25.3 Å². The maximum atomic E-state index is 11.0. The zero-order valence-electron chi connectivity index (χ0n) is 17.7. The molecule has 4 aromatic rings. The highest BCUT2D eigenvalue weighted by Crippen LogP contribution is 2.33. The van der Waals surface area contributed by atoms with Crippen LogP contribution in [0.4, 0.5) is 17.1 Å². The second-order valence-electron chi connectivity index (χ2n) is 7.54. The normalized spacial score (nSPS) is 11.8. The molecule has 0 radical (unpaired) electrons. The summed E-state index contributed by atoms with van der Waals surface area (Å²) in [6.45, 7) is 0.841. The van der Waals surface area contributed by atoms with Crippen molar-refractivity contribution in [2.75, 3.05) is 30.5 Å². The van der Waals surface area contributed by atoms with Gasteiger partial charge < -0.3 is 15.8 Å². The number of ether oxygens (including phenoxy) is 1. The van der Waals surface area contributed by atoms with E-state index in [0.717, 1.165) is 45.0 Å². The van der Waals surface area contributed by atoms with Gasteiger partial charge in [-0.3, -0.25) is 4.18 Å². The van der Waals surface area contributed by atoms with Gasteiger partial charge in [-0.15, -0.1) is 0 Å². The van der Waals surface area contributed by atoms with E-state index in [9.17, 15) is 8.42 Å². The number of rotatable bonds is 9. The Morgan fingerprint density at radius 1 is 0.938 bits per heavy atom. The summed E-state index contributed by atoms with van der Waals surface area (Å²) in [4.78, 5) is 4.76. The third kappa shape index (κ3) is 5.53. The first kappa shape index (κ1) is 22.0. The second-order valence-corrected chi connectivity index (χ2v) is 9.19. The van der Waals surface area contributed by atoms with Crippen molar-refractivity contribution in [3.63, 3.8) is 0 Å². The van der Waals surface area contributed by atoms with Crippen LogP contribution in [0.1, 0.15) is 12.0 Å². The lowest BCUT2D eigenvalue weighted by Crippen LogP contribution is -2.07. The van der Waals surface area contributed by atoms with Crippen LogP contribution in [0.2, 0.25) is 0 Å². The van der Waals surface area contributed by atoms with E-state index in [2.05, 4.69) is 5.32 Å². The summed E-state index contributed by atoms with van der Waals surface area (Å²) in [6.07, 6.45) is 1.51. The van der Waals surface area contributed by atoms with Crippen molar-refractivity contribution >= 4 is 49.0 Å². The van der Waals surface area contributed by atoms with Gasteiger partial charge >= 0.3 is 0 Å². The van der Waals surface area contributed by atoms with Crippen LogP contribution in [0.5, 0.6) is 0 Å². The van der Waals surface area contributed by atoms with Crippen LogP contribution in [-0.2, 0) is 25.6 Å². The van der Waals surface area contributed by atoms with Crippen molar-refractivity contribution in [3.8, 4) is 0 Å². The maximum absolute atomic E-state index is 11.0. The molecule has 0 unspecified atom stereocenters. The van der Waals surface area contributed by atoms with Crippen molar-refractivity contribution in [3.05, 3.63) is 72.3 Å². The Morgan fingerprint density at radius 3 is 2.25 bits per heavy atom. The van der Waals surface area contributed by atoms with Gasteiger partial charge in [-0.25, -0.2) is 4.98 Å². The Bertz CT molecular complexity index is 1300. The fourth-order valence-electron chi connectivity index (χ4n) is 3.55. The lowest BCUT2D eigenvalue weighted by Gasteiger charge is -2.15. The molecule has 0 atom stereocenters. The van der Waals surface area contributed by atoms with Crippen molar-refractivity contribution in [2.24, 2.45) is 0 Å². The van der Waals surface area contributed by atoms with E-state index >= 15 is 0 Å². The number of benzene rings is 3. The highest BCUT2D eigenvalue weighted by molar-refractivity contribution is 7.85. The summed E-state index contributed by atoms with van der Waals surface area (Å²) in [6, 6.07) is 21.8. The molecule has 0 aliphatic rings. The van der Waals surface area contributed by atoms with Crippen LogP contribution >= 0.6 is 0 Å². The number of nitrogens with zero attached hydrogens (tertiary/aromatic N) is 1. The Balaban J connectivity index is 1.53. The van der Waals surface area contributed by atoms with Gasteiger partial charge in [-0.1, -0.05) is 36.4 Å². The fourth-order valence-corrected chi connectivity index (χ4v) is 3.97. The summed E-state index contributed by atoms with van der Waals surface area (Å²) < 4.78 is 32.4. The molecule has 32 heavy (non-hydrogen) atoms. The first-order valence-electron chi connectivity index (χ1n) is 10.3. The van der Waals surface area contributed by atoms with Crippen LogP contribution < -0.4 is 11.1 Å². The van der Waals surface area contributed by atoms with Gasteiger partial charge in [0, 0.05) is 28.8 Å². The lowest BCUT2D eigenvalue weighted by atomic mass is 10.1. The molecule has 8 heteroatoms. The molecule has 3 aromatic carbocycles. The molecule has 0 aliphatic heterocycles. The molecule has 7 nitrogen and oxygen atoms in total. The molecule has 166 valence electrons. The largest absolute Gasteiger partial charge is 0.399 e. The van der Waals surface area contributed by atoms with E-state index in [1.165, 1.54) is 0 Å². The minimum atomic E-state index is -3.42. The summed E-state index contributed by atoms with van der Waals surface area (Å²) in [5, 5.41) is 5.59. The zero-order chi connectivity index (χ0) is 22.6. The topological polar surface area (TPSA) is 104 Å². The number of hydrogen-bond acceptors (Lipinski definition) is 7. The second kappa shape index (κ2) is 9.52. The number of para-hydroxylation sites is 2. The van der Waals surface area contributed by atoms with E-state index < -0.39 is 10.1 Å². The Labute approximate surface area is 187 Å². The predicted molar refractivity (Wildman–Crippen MR) is 128 cm³/mol. The van der Waals surface area contributed by atoms with E-state index in [4.69, 9.17) is 19.6 Å². The van der Waals surface area contributed by atoms with Gasteiger partial charge in [0.15, 0.2) is 0 Å². The van der Waals surface area contributed by atoms with E-state index in [1.54, 1.807) is 0 Å². The molecule has 1 aromatic heterocycles. The quantitative estimate of drug-likeness (QED) is 0.166. The minimum Gasteiger partial charge on any atom is -0.399 e. The van der Waals surface area contributed by atoms with E-state index in [1.807, 2.05) is 66.7 Å². The molecule has 0 aliphatic carbocycles. The van der Waals surface area contributed by atoms with Crippen molar-refractivity contribution < 1.29 is 17.3 Å². The number of nitrogens with two attached hydrogens (primary N) is 1. The molecule has 1 heterocycles. The van der Waals surface area contributed by atoms with Crippen LogP contribution in [-0.4, -0.2) is 32.9 Å². The number of anilines is 3. The summed E-state index contributed by atoms with van der Waals surface area (Å²) in [5.41, 5.74) is 11.3. The molecule has 0 amide bonds. The number of nitrogens with one attached hydrogen (secondary N) is 1. The molecule has 0 bridgehead atoms. The average Bonchev–Trinajstić information content (AvgIpc) is 2.75. The standard InChI is InChI=1S/C24H25N3O4S/c1-32(28,29)31-12-6-11-30-16-17-13-18(25)15-19(14-17)26-24-20-7-2-4-9-22(20)27-23-10-5-3-8-21(23)24/h2-5,7-10,13-15H,6,11-12,16,25H2,1H3,(H,26,27). The molecule has 3 N–H and O–H groups in total. The Kier molecular flexibility index (Phi) is 6.55. The molecular formula is C24H25N3O4S. The van der Waals surface area contributed by atoms with Gasteiger partial charge in [0.05, 0.1) is 36.2 Å². The molecule has 4 rings (SSSR count). The van der Waals surface area contributed by atoms with Crippen LogP contribution in [0.15, 0.2) is 66.7 Å². The fraction of sp³-hybridized carbons (Fsp3) is 0.208. The highest BCUT2D eigenvalue weighted by Gasteiger charge is 2.10. The van der Waals surface area contributed by atoms with Gasteiger partial charge in [0.25, 0.3) is 10.1 Å². The Morgan fingerprint density at radius 2 is 1.59 bits per heavy atom. The lowest BCUT2D eigenvalue weighted by molar-refractivity contribution is 0.108. The molecular weight excluding hydrogens is 426 g/mol. The minimum absolute atomic E-state index is 0.102. The third-order valence-corrected chi connectivity index (χ3v) is 5.47. The average molecular weight is 452 g/mol.